The van der Waals surface area contributed by atoms with Crippen molar-refractivity contribution in [3.63, 3.8) is 0 Å². The number of aryl methyl sites for hydroxylation is 3. The number of pyridine rings is 1. The van der Waals surface area contributed by atoms with Gasteiger partial charge in [0, 0.05) is 43.4 Å². The third-order valence-electron chi connectivity index (χ3n) is 2.83. The molecule has 0 bridgehead atoms. The maximum Gasteiger partial charge on any atom is 0.108 e. The van der Waals surface area contributed by atoms with Crippen LogP contribution in [0.1, 0.15) is 24.7 Å². The average Bonchev–Trinajstić information content (AvgIpc) is 2.76. The molecule has 0 amide bonds. The van der Waals surface area contributed by atoms with Gasteiger partial charge in [-0.15, -0.1) is 0 Å². The van der Waals surface area contributed by atoms with E-state index in [1.54, 1.807) is 6.20 Å². The molecule has 0 unspecified atom stereocenters. The molecule has 0 radical (unpaired) electrons. The van der Waals surface area contributed by atoms with Crippen molar-refractivity contribution in [3.8, 4) is 0 Å². The van der Waals surface area contributed by atoms with Gasteiger partial charge in [0.25, 0.3) is 0 Å². The minimum absolute atomic E-state index is 0.814. The Hall–Kier alpha value is -1.84. The minimum Gasteiger partial charge on any atom is -0.398 e. The van der Waals surface area contributed by atoms with Crippen LogP contribution in [-0.4, -0.2) is 14.5 Å². The van der Waals surface area contributed by atoms with Crippen LogP contribution < -0.4 is 5.73 Å². The summed E-state index contributed by atoms with van der Waals surface area (Å²) in [6, 6.07) is 1.84. The summed E-state index contributed by atoms with van der Waals surface area (Å²) in [6.07, 6.45) is 10.4. The molecule has 4 nitrogen and oxygen atoms in total. The van der Waals surface area contributed by atoms with Gasteiger partial charge in [0.15, 0.2) is 0 Å². The lowest BCUT2D eigenvalue weighted by Gasteiger charge is -2.07. The molecule has 0 spiro atoms. The molecule has 2 heterocycles. The quantitative estimate of drug-likeness (QED) is 0.855. The Balaban J connectivity index is 2.02. The Kier molecular flexibility index (Phi) is 3.75. The van der Waals surface area contributed by atoms with Crippen molar-refractivity contribution >= 4 is 5.69 Å². The SMILES string of the molecule is CCCn1ccnc1CCc1cnccc1N. The second kappa shape index (κ2) is 5.48. The van der Waals surface area contributed by atoms with E-state index in [2.05, 4.69) is 21.5 Å². The molecule has 2 aromatic rings. The minimum atomic E-state index is 0.814. The van der Waals surface area contributed by atoms with Gasteiger partial charge in [0.2, 0.25) is 0 Å². The van der Waals surface area contributed by atoms with Gasteiger partial charge < -0.3 is 10.3 Å². The molecule has 0 fully saturated rings. The van der Waals surface area contributed by atoms with Crippen molar-refractivity contribution in [2.45, 2.75) is 32.7 Å². The number of hydrogen-bond donors (Lipinski definition) is 1. The topological polar surface area (TPSA) is 56.7 Å². The maximum atomic E-state index is 5.89. The van der Waals surface area contributed by atoms with Crippen LogP contribution in [0, 0.1) is 0 Å². The van der Waals surface area contributed by atoms with Crippen molar-refractivity contribution in [2.75, 3.05) is 5.73 Å². The lowest BCUT2D eigenvalue weighted by Crippen LogP contribution is -2.05. The van der Waals surface area contributed by atoms with Crippen LogP contribution in [0.2, 0.25) is 0 Å². The number of nitrogens with two attached hydrogens (primary N) is 1. The molecule has 90 valence electrons. The predicted octanol–water partition coefficient (Wildman–Crippen LogP) is 2.06. The highest BCUT2D eigenvalue weighted by molar-refractivity contribution is 5.44. The Morgan fingerprint density at radius 2 is 2.18 bits per heavy atom. The molecule has 0 aliphatic heterocycles. The van der Waals surface area contributed by atoms with Crippen molar-refractivity contribution in [1.82, 2.24) is 14.5 Å². The zero-order valence-electron chi connectivity index (χ0n) is 10.1. The van der Waals surface area contributed by atoms with E-state index in [4.69, 9.17) is 5.73 Å². The van der Waals surface area contributed by atoms with Crippen LogP contribution >= 0.6 is 0 Å². The molecule has 0 saturated carbocycles. The smallest absolute Gasteiger partial charge is 0.108 e. The molecule has 0 aromatic carbocycles. The summed E-state index contributed by atoms with van der Waals surface area (Å²) in [5.41, 5.74) is 7.80. The Bertz CT molecular complexity index is 476. The molecule has 0 atom stereocenters. The largest absolute Gasteiger partial charge is 0.398 e. The number of hydrogen-bond acceptors (Lipinski definition) is 3. The van der Waals surface area contributed by atoms with Crippen molar-refractivity contribution in [1.29, 1.82) is 0 Å². The third-order valence-corrected chi connectivity index (χ3v) is 2.83. The zero-order chi connectivity index (χ0) is 12.1. The lowest BCUT2D eigenvalue weighted by atomic mass is 10.1. The number of rotatable bonds is 5. The van der Waals surface area contributed by atoms with Gasteiger partial charge in [-0.3, -0.25) is 4.98 Å². The molecule has 2 rings (SSSR count). The summed E-state index contributed by atoms with van der Waals surface area (Å²) in [4.78, 5) is 8.48. The molecule has 4 heteroatoms. The van der Waals surface area contributed by atoms with E-state index in [0.717, 1.165) is 42.9 Å². The van der Waals surface area contributed by atoms with Crippen molar-refractivity contribution < 1.29 is 0 Å². The van der Waals surface area contributed by atoms with E-state index in [1.165, 1.54) is 0 Å². The van der Waals surface area contributed by atoms with Gasteiger partial charge >= 0.3 is 0 Å². The number of anilines is 1. The first-order chi connectivity index (χ1) is 8.31. The second-order valence-electron chi connectivity index (χ2n) is 4.11. The number of aromatic nitrogens is 3. The molecule has 2 N–H and O–H groups in total. The van der Waals surface area contributed by atoms with Crippen LogP contribution in [-0.2, 0) is 19.4 Å². The summed E-state index contributed by atoms with van der Waals surface area (Å²) in [5.74, 6) is 1.12. The van der Waals surface area contributed by atoms with E-state index < -0.39 is 0 Å². The van der Waals surface area contributed by atoms with Gasteiger partial charge in [0.05, 0.1) is 0 Å². The average molecular weight is 230 g/mol. The van der Waals surface area contributed by atoms with Crippen LogP contribution in [0.5, 0.6) is 0 Å². The molecule has 0 aliphatic carbocycles. The normalized spacial score (nSPS) is 10.6. The highest BCUT2D eigenvalue weighted by Crippen LogP contribution is 2.12. The van der Waals surface area contributed by atoms with Crippen molar-refractivity contribution in [2.24, 2.45) is 0 Å². The predicted molar refractivity (Wildman–Crippen MR) is 68.6 cm³/mol. The highest BCUT2D eigenvalue weighted by atomic mass is 15.1. The lowest BCUT2D eigenvalue weighted by molar-refractivity contribution is 0.633. The van der Waals surface area contributed by atoms with Crippen LogP contribution in [0.3, 0.4) is 0 Å². The number of nitrogens with zero attached hydrogens (tertiary/aromatic N) is 3. The molecule has 0 aliphatic rings. The van der Waals surface area contributed by atoms with E-state index >= 15 is 0 Å². The molecule has 0 saturated heterocycles. The van der Waals surface area contributed by atoms with Crippen LogP contribution in [0.15, 0.2) is 30.9 Å². The van der Waals surface area contributed by atoms with Gasteiger partial charge in [-0.1, -0.05) is 6.92 Å². The summed E-state index contributed by atoms with van der Waals surface area (Å²) in [5, 5.41) is 0. The molecular formula is C13H18N4. The summed E-state index contributed by atoms with van der Waals surface area (Å²) in [6.45, 7) is 3.20. The fraction of sp³-hybridized carbons (Fsp3) is 0.385. The monoisotopic (exact) mass is 230 g/mol. The molecule has 2 aromatic heterocycles. The van der Waals surface area contributed by atoms with E-state index in [9.17, 15) is 0 Å². The highest BCUT2D eigenvalue weighted by Gasteiger charge is 2.04. The third kappa shape index (κ3) is 2.84. The fourth-order valence-corrected chi connectivity index (χ4v) is 1.91. The van der Waals surface area contributed by atoms with Crippen LogP contribution in [0.4, 0.5) is 5.69 Å². The summed E-state index contributed by atoms with van der Waals surface area (Å²) in [7, 11) is 0. The van der Waals surface area contributed by atoms with E-state index in [1.807, 2.05) is 24.7 Å². The second-order valence-corrected chi connectivity index (χ2v) is 4.11. The summed E-state index contributed by atoms with van der Waals surface area (Å²) >= 11 is 0. The Labute approximate surface area is 102 Å². The Morgan fingerprint density at radius 1 is 1.29 bits per heavy atom. The Morgan fingerprint density at radius 3 is 2.94 bits per heavy atom. The van der Waals surface area contributed by atoms with Gasteiger partial charge in [-0.2, -0.15) is 0 Å². The summed E-state index contributed by atoms with van der Waals surface area (Å²) < 4.78 is 2.20. The van der Waals surface area contributed by atoms with Gasteiger partial charge in [0.1, 0.15) is 5.82 Å². The zero-order valence-corrected chi connectivity index (χ0v) is 10.1. The first kappa shape index (κ1) is 11.6. The first-order valence-corrected chi connectivity index (χ1v) is 5.99. The van der Waals surface area contributed by atoms with E-state index in [0.29, 0.717) is 0 Å². The van der Waals surface area contributed by atoms with Gasteiger partial charge in [-0.05, 0) is 24.5 Å². The van der Waals surface area contributed by atoms with Gasteiger partial charge in [-0.25, -0.2) is 4.98 Å². The number of nitrogen functional groups attached to an aromatic ring is 1. The van der Waals surface area contributed by atoms with E-state index in [-0.39, 0.29) is 0 Å². The number of imidazole rings is 1. The maximum absolute atomic E-state index is 5.89. The van der Waals surface area contributed by atoms with Crippen LogP contribution in [0.25, 0.3) is 0 Å². The van der Waals surface area contributed by atoms with Crippen molar-refractivity contribution in [3.05, 3.63) is 42.2 Å². The fourth-order valence-electron chi connectivity index (χ4n) is 1.91. The molecular weight excluding hydrogens is 212 g/mol. The first-order valence-electron chi connectivity index (χ1n) is 5.99. The molecule has 17 heavy (non-hydrogen) atoms. The standard InChI is InChI=1S/C13H18N4/c1-2-8-17-9-7-16-13(17)4-3-11-10-15-6-5-12(11)14/h5-7,9-10H,2-4,8H2,1H3,(H2,14,15).